The van der Waals surface area contributed by atoms with Crippen LogP contribution in [0.2, 0.25) is 0 Å². The molecule has 0 spiro atoms. The first-order valence-electron chi connectivity index (χ1n) is 11.5. The smallest absolute Gasteiger partial charge is 0.179 e. The Kier molecular flexibility index (Phi) is 6.24. The van der Waals surface area contributed by atoms with Gasteiger partial charge < -0.3 is 14.7 Å². The van der Waals surface area contributed by atoms with E-state index < -0.39 is 24.3 Å². The van der Waals surface area contributed by atoms with Crippen LogP contribution in [0.4, 0.5) is 8.78 Å². The summed E-state index contributed by atoms with van der Waals surface area (Å²) in [5.74, 6) is -0.800. The van der Waals surface area contributed by atoms with Gasteiger partial charge in [0.15, 0.2) is 18.1 Å². The lowest BCUT2D eigenvalue weighted by Gasteiger charge is -2.34. The van der Waals surface area contributed by atoms with E-state index in [4.69, 9.17) is 4.74 Å². The standard InChI is InChI=1S/C24H24F2N8O2/c1-14-10-32(13-27)6-5-20(14)34-15(2)23(30-31-34)16-7-21(24-18(26)9-29-33(24)11-16)36-22(12-35)19-4-3-17(25)8-28-19/h3-4,7-9,11,14,20,22,35H,5-6,10,12H2,1-2H3/t14?,20-,22+/m0/s1. The van der Waals surface area contributed by atoms with Gasteiger partial charge in [0, 0.05) is 24.8 Å². The Morgan fingerprint density at radius 1 is 1.31 bits per heavy atom. The van der Waals surface area contributed by atoms with E-state index in [0.29, 0.717) is 30.0 Å². The molecule has 0 saturated carbocycles. The van der Waals surface area contributed by atoms with Gasteiger partial charge in [0.1, 0.15) is 22.8 Å². The van der Waals surface area contributed by atoms with Crippen molar-refractivity contribution in [2.75, 3.05) is 19.7 Å². The fourth-order valence-electron chi connectivity index (χ4n) is 4.70. The number of aromatic nitrogens is 6. The normalized spacial score (nSPS) is 18.8. The summed E-state index contributed by atoms with van der Waals surface area (Å²) in [4.78, 5) is 5.72. The molecule has 1 saturated heterocycles. The molecule has 0 aromatic carbocycles. The van der Waals surface area contributed by atoms with E-state index in [9.17, 15) is 19.1 Å². The van der Waals surface area contributed by atoms with Crippen LogP contribution in [0, 0.1) is 35.9 Å². The monoisotopic (exact) mass is 494 g/mol. The lowest BCUT2D eigenvalue weighted by Crippen LogP contribution is -2.38. The van der Waals surface area contributed by atoms with Gasteiger partial charge in [-0.2, -0.15) is 10.4 Å². The first kappa shape index (κ1) is 23.6. The molecule has 10 nitrogen and oxygen atoms in total. The highest BCUT2D eigenvalue weighted by atomic mass is 19.1. The summed E-state index contributed by atoms with van der Waals surface area (Å²) in [5, 5.41) is 32.0. The van der Waals surface area contributed by atoms with Crippen molar-refractivity contribution in [2.24, 2.45) is 5.92 Å². The number of aliphatic hydroxyl groups excluding tert-OH is 1. The molecule has 4 aromatic heterocycles. The quantitative estimate of drug-likeness (QED) is 0.407. The van der Waals surface area contributed by atoms with Gasteiger partial charge in [-0.05, 0) is 37.5 Å². The van der Waals surface area contributed by atoms with Gasteiger partial charge in [-0.3, -0.25) is 4.98 Å². The summed E-state index contributed by atoms with van der Waals surface area (Å²) in [6, 6.07) is 4.32. The number of rotatable bonds is 6. The van der Waals surface area contributed by atoms with Crippen molar-refractivity contribution < 1.29 is 18.6 Å². The van der Waals surface area contributed by atoms with Crippen LogP contribution in [0.3, 0.4) is 0 Å². The molecule has 0 amide bonds. The number of fused-ring (bicyclic) bond motifs is 1. The van der Waals surface area contributed by atoms with E-state index in [1.807, 2.05) is 11.6 Å². The number of ether oxygens (including phenoxy) is 1. The van der Waals surface area contributed by atoms with Gasteiger partial charge in [-0.1, -0.05) is 12.1 Å². The fraction of sp³-hybridized carbons (Fsp3) is 0.375. The lowest BCUT2D eigenvalue weighted by molar-refractivity contribution is 0.114. The molecule has 0 aliphatic carbocycles. The maximum atomic E-state index is 14.6. The van der Waals surface area contributed by atoms with Crippen LogP contribution in [0.15, 0.2) is 36.8 Å². The summed E-state index contributed by atoms with van der Waals surface area (Å²) >= 11 is 0. The largest absolute Gasteiger partial charge is 0.479 e. The van der Waals surface area contributed by atoms with E-state index in [1.54, 1.807) is 17.2 Å². The van der Waals surface area contributed by atoms with E-state index in [1.165, 1.54) is 16.6 Å². The van der Waals surface area contributed by atoms with E-state index in [0.717, 1.165) is 24.5 Å². The van der Waals surface area contributed by atoms with Gasteiger partial charge >= 0.3 is 0 Å². The highest BCUT2D eigenvalue weighted by Gasteiger charge is 2.30. The van der Waals surface area contributed by atoms with Gasteiger partial charge in [0.05, 0.1) is 36.4 Å². The molecule has 1 fully saturated rings. The Morgan fingerprint density at radius 3 is 2.83 bits per heavy atom. The third kappa shape index (κ3) is 4.22. The number of hydrogen-bond donors (Lipinski definition) is 1. The van der Waals surface area contributed by atoms with Gasteiger partial charge in [-0.15, -0.1) is 5.10 Å². The van der Waals surface area contributed by atoms with Gasteiger partial charge in [0.25, 0.3) is 0 Å². The molecule has 0 bridgehead atoms. The van der Waals surface area contributed by atoms with Gasteiger partial charge in [0.2, 0.25) is 0 Å². The van der Waals surface area contributed by atoms with Crippen LogP contribution in [0.5, 0.6) is 5.75 Å². The minimum Gasteiger partial charge on any atom is -0.479 e. The number of aliphatic hydroxyl groups is 1. The zero-order valence-corrected chi connectivity index (χ0v) is 19.7. The predicted octanol–water partition coefficient (Wildman–Crippen LogP) is 3.05. The number of likely N-dealkylation sites (tertiary alicyclic amines) is 1. The molecule has 1 N–H and O–H groups in total. The molecule has 5 rings (SSSR count). The SMILES string of the molecule is Cc1c(-c2cc(O[C@H](CO)c3ccc(F)cn3)c3c(F)cnn3c2)nnn1[C@H]1CCN(C#N)CC1C. The minimum atomic E-state index is -0.957. The second kappa shape index (κ2) is 9.50. The molecule has 1 unspecified atom stereocenters. The molecule has 36 heavy (non-hydrogen) atoms. The Labute approximate surface area is 205 Å². The number of nitriles is 1. The van der Waals surface area contributed by atoms with E-state index >= 15 is 0 Å². The molecule has 5 heterocycles. The van der Waals surface area contributed by atoms with Crippen molar-refractivity contribution in [1.29, 1.82) is 5.26 Å². The van der Waals surface area contributed by atoms with E-state index in [2.05, 4.69) is 33.5 Å². The molecule has 3 atom stereocenters. The molecular weight excluding hydrogens is 470 g/mol. The summed E-state index contributed by atoms with van der Waals surface area (Å²) in [6.07, 6.45) is 5.75. The minimum absolute atomic E-state index is 0.0840. The van der Waals surface area contributed by atoms with Crippen molar-refractivity contribution in [3.63, 3.8) is 0 Å². The number of nitrogens with zero attached hydrogens (tertiary/aromatic N) is 8. The topological polar surface area (TPSA) is 117 Å². The molecule has 1 aliphatic rings. The van der Waals surface area contributed by atoms with Crippen LogP contribution in [0.25, 0.3) is 16.8 Å². The summed E-state index contributed by atoms with van der Waals surface area (Å²) < 4.78 is 37.2. The molecule has 4 aromatic rings. The molecule has 186 valence electrons. The Hall–Kier alpha value is -4.11. The van der Waals surface area contributed by atoms with Crippen LogP contribution in [-0.2, 0) is 0 Å². The van der Waals surface area contributed by atoms with E-state index in [-0.39, 0.29) is 23.2 Å². The highest BCUT2D eigenvalue weighted by Crippen LogP contribution is 2.35. The second-order valence-electron chi connectivity index (χ2n) is 8.92. The third-order valence-electron chi connectivity index (χ3n) is 6.56. The molecule has 0 radical (unpaired) electrons. The summed E-state index contributed by atoms with van der Waals surface area (Å²) in [6.45, 7) is 4.83. The van der Waals surface area contributed by atoms with Crippen LogP contribution >= 0.6 is 0 Å². The molecule has 12 heteroatoms. The van der Waals surface area contributed by atoms with Crippen molar-refractivity contribution >= 4 is 5.52 Å². The first-order valence-corrected chi connectivity index (χ1v) is 11.5. The zero-order valence-electron chi connectivity index (χ0n) is 19.7. The Balaban J connectivity index is 1.52. The molecular formula is C24H24F2N8O2. The number of hydrogen-bond acceptors (Lipinski definition) is 8. The third-order valence-corrected chi connectivity index (χ3v) is 6.56. The maximum Gasteiger partial charge on any atom is 0.179 e. The summed E-state index contributed by atoms with van der Waals surface area (Å²) in [7, 11) is 0. The lowest BCUT2D eigenvalue weighted by atomic mass is 9.94. The van der Waals surface area contributed by atoms with Crippen LogP contribution in [0.1, 0.15) is 36.9 Å². The Morgan fingerprint density at radius 2 is 2.14 bits per heavy atom. The van der Waals surface area contributed by atoms with Crippen molar-refractivity contribution in [1.82, 2.24) is 34.5 Å². The number of piperidine rings is 1. The zero-order chi connectivity index (χ0) is 25.4. The Bertz CT molecular complexity index is 1430. The number of halogens is 2. The average molecular weight is 495 g/mol. The van der Waals surface area contributed by atoms with Crippen molar-refractivity contribution in [2.45, 2.75) is 32.4 Å². The maximum absolute atomic E-state index is 14.6. The van der Waals surface area contributed by atoms with Crippen LogP contribution < -0.4 is 4.74 Å². The molecule has 1 aliphatic heterocycles. The summed E-state index contributed by atoms with van der Waals surface area (Å²) in [5.41, 5.74) is 2.36. The van der Waals surface area contributed by atoms with Crippen molar-refractivity contribution in [3.8, 4) is 23.2 Å². The first-order chi connectivity index (χ1) is 17.4. The average Bonchev–Trinajstić information content (AvgIpc) is 3.45. The predicted molar refractivity (Wildman–Crippen MR) is 124 cm³/mol. The van der Waals surface area contributed by atoms with Crippen molar-refractivity contribution in [3.05, 3.63) is 59.8 Å². The van der Waals surface area contributed by atoms with Crippen LogP contribution in [-0.4, -0.2) is 59.3 Å². The fourth-order valence-corrected chi connectivity index (χ4v) is 4.70. The van der Waals surface area contributed by atoms with Gasteiger partial charge in [-0.25, -0.2) is 18.0 Å². The number of pyridine rings is 2. The second-order valence-corrected chi connectivity index (χ2v) is 8.92. The highest BCUT2D eigenvalue weighted by molar-refractivity contribution is 5.70.